The van der Waals surface area contributed by atoms with Crippen LogP contribution in [0, 0.1) is 6.92 Å². The van der Waals surface area contributed by atoms with E-state index in [1.165, 1.54) is 0 Å². The number of aryl methyl sites for hydroxylation is 1. The predicted molar refractivity (Wildman–Crippen MR) is 151 cm³/mol. The first-order chi connectivity index (χ1) is 18.3. The summed E-state index contributed by atoms with van der Waals surface area (Å²) in [6.45, 7) is 7.65. The standard InChI is InChI=1S/C28H32N2O4.C3H8O/c1-19-9-7-8-12-23(19)25-17-21(18-34-20(2)22-10-5-4-6-11-22)13-14-24(25)27(31)30-26(28(32)33)15-16-29-3;1-3-4-2/h4-14,17,20,26,29H,15-16,18H2,1-3H3,(H,30,31)(H,32,33);3H2,1-2H3. The van der Waals surface area contributed by atoms with Crippen LogP contribution in [0.1, 0.15) is 53.4 Å². The summed E-state index contributed by atoms with van der Waals surface area (Å²) < 4.78 is 10.6. The Hall–Kier alpha value is -3.52. The molecule has 7 nitrogen and oxygen atoms in total. The first-order valence-corrected chi connectivity index (χ1v) is 12.8. The first-order valence-electron chi connectivity index (χ1n) is 12.8. The molecule has 0 saturated heterocycles. The number of nitrogens with one attached hydrogen (secondary N) is 2. The van der Waals surface area contributed by atoms with Gasteiger partial charge in [-0.2, -0.15) is 0 Å². The second-order valence-corrected chi connectivity index (χ2v) is 8.89. The molecule has 1 amide bonds. The van der Waals surface area contributed by atoms with E-state index in [0.29, 0.717) is 25.1 Å². The van der Waals surface area contributed by atoms with Crippen LogP contribution in [-0.4, -0.2) is 50.3 Å². The van der Waals surface area contributed by atoms with Crippen molar-refractivity contribution in [3.05, 3.63) is 95.1 Å². The number of ether oxygens (including phenoxy) is 2. The number of carboxylic acids is 1. The molecule has 0 aliphatic heterocycles. The van der Waals surface area contributed by atoms with Crippen molar-refractivity contribution in [1.82, 2.24) is 10.6 Å². The highest BCUT2D eigenvalue weighted by atomic mass is 16.5. The number of rotatable bonds is 12. The van der Waals surface area contributed by atoms with Gasteiger partial charge in [-0.25, -0.2) is 4.79 Å². The number of carbonyl (C=O) groups is 2. The summed E-state index contributed by atoms with van der Waals surface area (Å²) in [5.74, 6) is -1.46. The van der Waals surface area contributed by atoms with Gasteiger partial charge in [-0.15, -0.1) is 0 Å². The van der Waals surface area contributed by atoms with Gasteiger partial charge in [0.2, 0.25) is 0 Å². The first kappa shape index (κ1) is 30.7. The Bertz CT molecular complexity index is 1150. The quantitative estimate of drug-likeness (QED) is 0.297. The van der Waals surface area contributed by atoms with Crippen LogP contribution >= 0.6 is 0 Å². The van der Waals surface area contributed by atoms with Crippen LogP contribution in [0.15, 0.2) is 72.8 Å². The normalized spacial score (nSPS) is 12.1. The number of carbonyl (C=O) groups excluding carboxylic acids is 1. The highest BCUT2D eigenvalue weighted by Gasteiger charge is 2.22. The molecule has 3 rings (SSSR count). The van der Waals surface area contributed by atoms with Crippen LogP contribution in [-0.2, 0) is 20.9 Å². The topological polar surface area (TPSA) is 96.9 Å². The van der Waals surface area contributed by atoms with Crippen LogP contribution in [0.25, 0.3) is 11.1 Å². The number of hydrogen-bond donors (Lipinski definition) is 3. The summed E-state index contributed by atoms with van der Waals surface area (Å²) in [6, 6.07) is 22.4. The highest BCUT2D eigenvalue weighted by molar-refractivity contribution is 6.02. The molecule has 2 atom stereocenters. The molecule has 0 aliphatic carbocycles. The van der Waals surface area contributed by atoms with Crippen molar-refractivity contribution < 1.29 is 24.2 Å². The van der Waals surface area contributed by atoms with E-state index in [1.807, 2.05) is 87.5 Å². The third-order valence-electron chi connectivity index (χ3n) is 6.11. The Morgan fingerprint density at radius 1 is 0.974 bits per heavy atom. The highest BCUT2D eigenvalue weighted by Crippen LogP contribution is 2.29. The van der Waals surface area contributed by atoms with Crippen molar-refractivity contribution >= 4 is 11.9 Å². The summed E-state index contributed by atoms with van der Waals surface area (Å²) in [7, 11) is 3.43. The molecule has 204 valence electrons. The second-order valence-electron chi connectivity index (χ2n) is 8.89. The molecule has 3 N–H and O–H groups in total. The van der Waals surface area contributed by atoms with Gasteiger partial charge < -0.3 is 25.2 Å². The zero-order valence-electron chi connectivity index (χ0n) is 23.0. The fourth-order valence-electron chi connectivity index (χ4n) is 3.80. The van der Waals surface area contributed by atoms with Crippen molar-refractivity contribution in [3.63, 3.8) is 0 Å². The largest absolute Gasteiger partial charge is 0.480 e. The predicted octanol–water partition coefficient (Wildman–Crippen LogP) is 5.39. The molecule has 0 spiro atoms. The maximum atomic E-state index is 13.2. The van der Waals surface area contributed by atoms with E-state index < -0.39 is 17.9 Å². The van der Waals surface area contributed by atoms with Gasteiger partial charge in [-0.1, -0.05) is 60.7 Å². The maximum absolute atomic E-state index is 13.2. The van der Waals surface area contributed by atoms with E-state index >= 15 is 0 Å². The van der Waals surface area contributed by atoms with Crippen LogP contribution in [0.2, 0.25) is 0 Å². The van der Waals surface area contributed by atoms with Crippen LogP contribution in [0.5, 0.6) is 0 Å². The number of amides is 1. The maximum Gasteiger partial charge on any atom is 0.326 e. The van der Waals surface area contributed by atoms with Gasteiger partial charge >= 0.3 is 5.97 Å². The Labute approximate surface area is 226 Å². The number of methoxy groups -OCH3 is 1. The Morgan fingerprint density at radius 2 is 1.63 bits per heavy atom. The number of benzene rings is 3. The monoisotopic (exact) mass is 520 g/mol. The van der Waals surface area contributed by atoms with Gasteiger partial charge in [0.25, 0.3) is 5.91 Å². The molecule has 0 fully saturated rings. The van der Waals surface area contributed by atoms with E-state index in [0.717, 1.165) is 34.4 Å². The zero-order chi connectivity index (χ0) is 27.9. The molecule has 0 heterocycles. The molecule has 0 aromatic heterocycles. The summed E-state index contributed by atoms with van der Waals surface area (Å²) in [6.07, 6.45) is 0.218. The lowest BCUT2D eigenvalue weighted by Gasteiger charge is -2.18. The smallest absolute Gasteiger partial charge is 0.326 e. The minimum absolute atomic E-state index is 0.0745. The lowest BCUT2D eigenvalue weighted by atomic mass is 9.93. The molecule has 2 unspecified atom stereocenters. The SMILES string of the molecule is CCOC.CNCCC(NC(=O)c1ccc(COC(C)c2ccccc2)cc1-c1ccccc1C)C(=O)O. The van der Waals surface area contributed by atoms with E-state index in [9.17, 15) is 14.7 Å². The fraction of sp³-hybridized carbons (Fsp3) is 0.355. The number of aliphatic carboxylic acids is 1. The molecule has 0 aliphatic rings. The summed E-state index contributed by atoms with van der Waals surface area (Å²) in [5, 5.41) is 15.1. The Kier molecular flexibility index (Phi) is 13.2. The molecule has 0 bridgehead atoms. The van der Waals surface area contributed by atoms with Crippen molar-refractivity contribution in [1.29, 1.82) is 0 Å². The number of hydrogen-bond acceptors (Lipinski definition) is 5. The second kappa shape index (κ2) is 16.3. The van der Waals surface area contributed by atoms with Crippen molar-refractivity contribution in [3.8, 4) is 11.1 Å². The zero-order valence-corrected chi connectivity index (χ0v) is 23.0. The van der Waals surface area contributed by atoms with Crippen molar-refractivity contribution in [2.24, 2.45) is 0 Å². The van der Waals surface area contributed by atoms with E-state index in [-0.39, 0.29) is 6.10 Å². The average molecular weight is 521 g/mol. The molecule has 0 saturated carbocycles. The van der Waals surface area contributed by atoms with Gasteiger partial charge in [0.05, 0.1) is 12.7 Å². The van der Waals surface area contributed by atoms with Gasteiger partial charge in [0.15, 0.2) is 0 Å². The molecular formula is C31H40N2O5. The number of carboxylic acid groups (broad SMARTS) is 1. The van der Waals surface area contributed by atoms with Crippen LogP contribution < -0.4 is 10.6 Å². The molecule has 0 radical (unpaired) electrons. The van der Waals surface area contributed by atoms with E-state index in [1.54, 1.807) is 20.2 Å². The van der Waals surface area contributed by atoms with Gasteiger partial charge in [-0.3, -0.25) is 4.79 Å². The Morgan fingerprint density at radius 3 is 2.24 bits per heavy atom. The van der Waals surface area contributed by atoms with Gasteiger partial charge in [-0.05, 0) is 80.7 Å². The minimum Gasteiger partial charge on any atom is -0.480 e. The lowest BCUT2D eigenvalue weighted by molar-refractivity contribution is -0.139. The minimum atomic E-state index is -1.05. The molecule has 3 aromatic rings. The van der Waals surface area contributed by atoms with Crippen molar-refractivity contribution in [2.75, 3.05) is 27.3 Å². The van der Waals surface area contributed by atoms with Crippen LogP contribution in [0.4, 0.5) is 0 Å². The van der Waals surface area contributed by atoms with E-state index in [2.05, 4.69) is 15.4 Å². The van der Waals surface area contributed by atoms with Crippen molar-refractivity contribution in [2.45, 2.75) is 45.9 Å². The molecular weight excluding hydrogens is 480 g/mol. The van der Waals surface area contributed by atoms with Gasteiger partial charge in [0.1, 0.15) is 6.04 Å². The van der Waals surface area contributed by atoms with Gasteiger partial charge in [0, 0.05) is 19.3 Å². The lowest BCUT2D eigenvalue weighted by Crippen LogP contribution is -2.42. The third-order valence-corrected chi connectivity index (χ3v) is 6.11. The Balaban J connectivity index is 0.00000118. The van der Waals surface area contributed by atoms with Crippen LogP contribution in [0.3, 0.4) is 0 Å². The molecule has 38 heavy (non-hydrogen) atoms. The molecule has 3 aromatic carbocycles. The average Bonchev–Trinajstić information content (AvgIpc) is 2.94. The van der Waals surface area contributed by atoms with E-state index in [4.69, 9.17) is 4.74 Å². The summed E-state index contributed by atoms with van der Waals surface area (Å²) >= 11 is 0. The molecule has 7 heteroatoms. The summed E-state index contributed by atoms with van der Waals surface area (Å²) in [4.78, 5) is 24.8. The third kappa shape index (κ3) is 9.41. The fourth-order valence-corrected chi connectivity index (χ4v) is 3.80. The summed E-state index contributed by atoms with van der Waals surface area (Å²) in [5.41, 5.74) is 5.16.